The SMILES string of the molecule is OCc1ccc2c3ccccc3c3ccccc3c2c1. The van der Waals surface area contributed by atoms with Gasteiger partial charge in [0.05, 0.1) is 6.61 Å². The summed E-state index contributed by atoms with van der Waals surface area (Å²) in [5, 5.41) is 16.9. The zero-order valence-corrected chi connectivity index (χ0v) is 11.0. The summed E-state index contributed by atoms with van der Waals surface area (Å²) in [6, 6.07) is 23.2. The van der Waals surface area contributed by atoms with Gasteiger partial charge in [0, 0.05) is 0 Å². The van der Waals surface area contributed by atoms with Crippen LogP contribution in [0.15, 0.2) is 66.7 Å². The van der Waals surface area contributed by atoms with Crippen molar-refractivity contribution in [3.05, 3.63) is 72.3 Å². The molecule has 1 N–H and O–H groups in total. The van der Waals surface area contributed by atoms with Gasteiger partial charge in [-0.3, -0.25) is 0 Å². The van der Waals surface area contributed by atoms with E-state index < -0.39 is 0 Å². The molecule has 0 aliphatic carbocycles. The molecule has 0 saturated carbocycles. The van der Waals surface area contributed by atoms with Gasteiger partial charge in [-0.25, -0.2) is 0 Å². The molecule has 20 heavy (non-hydrogen) atoms. The highest BCUT2D eigenvalue weighted by molar-refractivity contribution is 6.25. The molecule has 4 aromatic carbocycles. The van der Waals surface area contributed by atoms with Gasteiger partial charge < -0.3 is 5.11 Å². The van der Waals surface area contributed by atoms with Crippen molar-refractivity contribution >= 4 is 32.3 Å². The lowest BCUT2D eigenvalue weighted by Crippen LogP contribution is -1.86. The molecule has 0 bridgehead atoms. The molecule has 0 saturated heterocycles. The second-order valence-corrected chi connectivity index (χ2v) is 5.13. The van der Waals surface area contributed by atoms with Crippen molar-refractivity contribution in [3.63, 3.8) is 0 Å². The maximum atomic E-state index is 9.38. The van der Waals surface area contributed by atoms with Crippen LogP contribution in [0.3, 0.4) is 0 Å². The van der Waals surface area contributed by atoms with Crippen LogP contribution in [0.1, 0.15) is 5.56 Å². The molecule has 0 heterocycles. The lowest BCUT2D eigenvalue weighted by Gasteiger charge is -2.11. The van der Waals surface area contributed by atoms with Gasteiger partial charge in [0.15, 0.2) is 0 Å². The van der Waals surface area contributed by atoms with Crippen molar-refractivity contribution in [2.45, 2.75) is 6.61 Å². The monoisotopic (exact) mass is 258 g/mol. The molecule has 0 unspecified atom stereocenters. The summed E-state index contributed by atoms with van der Waals surface area (Å²) in [4.78, 5) is 0. The third-order valence-corrected chi connectivity index (χ3v) is 3.99. The van der Waals surface area contributed by atoms with Crippen molar-refractivity contribution in [1.29, 1.82) is 0 Å². The van der Waals surface area contributed by atoms with Gasteiger partial charge in [-0.2, -0.15) is 0 Å². The Morgan fingerprint density at radius 1 is 0.550 bits per heavy atom. The summed E-state index contributed by atoms with van der Waals surface area (Å²) >= 11 is 0. The summed E-state index contributed by atoms with van der Waals surface area (Å²) in [5.74, 6) is 0. The van der Waals surface area contributed by atoms with Crippen LogP contribution in [0, 0.1) is 0 Å². The van der Waals surface area contributed by atoms with Gasteiger partial charge in [0.25, 0.3) is 0 Å². The molecule has 4 aromatic rings. The van der Waals surface area contributed by atoms with Gasteiger partial charge in [-0.05, 0) is 43.9 Å². The van der Waals surface area contributed by atoms with Crippen LogP contribution in [0.4, 0.5) is 0 Å². The summed E-state index contributed by atoms with van der Waals surface area (Å²) in [5.41, 5.74) is 0.956. The Hall–Kier alpha value is -2.38. The highest BCUT2D eigenvalue weighted by atomic mass is 16.3. The van der Waals surface area contributed by atoms with Crippen LogP contribution in [-0.4, -0.2) is 5.11 Å². The standard InChI is InChI=1S/C19H14O/c20-12-13-9-10-18-16-7-2-1-5-14(16)15-6-3-4-8-17(15)19(18)11-13/h1-11,20H,12H2. The quantitative estimate of drug-likeness (QED) is 0.493. The molecule has 1 heteroatoms. The molecule has 0 aliphatic heterocycles. The van der Waals surface area contributed by atoms with E-state index in [2.05, 4.69) is 60.7 Å². The van der Waals surface area contributed by atoms with Gasteiger partial charge in [0.1, 0.15) is 0 Å². The fraction of sp³-hybridized carbons (Fsp3) is 0.0526. The molecule has 0 aromatic heterocycles. The molecule has 0 fully saturated rings. The second kappa shape index (κ2) is 4.32. The Kier molecular flexibility index (Phi) is 2.48. The van der Waals surface area contributed by atoms with Crippen LogP contribution in [-0.2, 0) is 6.61 Å². The van der Waals surface area contributed by atoms with Crippen molar-refractivity contribution in [3.8, 4) is 0 Å². The Labute approximate surface area is 117 Å². The number of hydrogen-bond acceptors (Lipinski definition) is 1. The van der Waals surface area contributed by atoms with E-state index in [1.54, 1.807) is 0 Å². The molecular formula is C19H14O. The van der Waals surface area contributed by atoms with Crippen molar-refractivity contribution in [2.75, 3.05) is 0 Å². The van der Waals surface area contributed by atoms with E-state index in [1.807, 2.05) is 6.07 Å². The lowest BCUT2D eigenvalue weighted by atomic mass is 9.93. The minimum absolute atomic E-state index is 0.0805. The van der Waals surface area contributed by atoms with Gasteiger partial charge in [0.2, 0.25) is 0 Å². The summed E-state index contributed by atoms with van der Waals surface area (Å²) < 4.78 is 0. The zero-order chi connectivity index (χ0) is 13.5. The fourth-order valence-electron chi connectivity index (χ4n) is 3.05. The maximum absolute atomic E-state index is 9.38. The Morgan fingerprint density at radius 3 is 1.50 bits per heavy atom. The highest BCUT2D eigenvalue weighted by Crippen LogP contribution is 2.35. The highest BCUT2D eigenvalue weighted by Gasteiger charge is 2.07. The van der Waals surface area contributed by atoms with Crippen LogP contribution in [0.2, 0.25) is 0 Å². The first kappa shape index (κ1) is 11.4. The molecule has 0 radical (unpaired) electrons. The topological polar surface area (TPSA) is 20.2 Å². The lowest BCUT2D eigenvalue weighted by molar-refractivity contribution is 0.282. The zero-order valence-electron chi connectivity index (χ0n) is 11.0. The maximum Gasteiger partial charge on any atom is 0.0682 e. The summed E-state index contributed by atoms with van der Waals surface area (Å²) in [7, 11) is 0. The first-order valence-electron chi connectivity index (χ1n) is 6.81. The molecule has 4 rings (SSSR count). The Morgan fingerprint density at radius 2 is 1.00 bits per heavy atom. The molecule has 0 atom stereocenters. The van der Waals surface area contributed by atoms with E-state index in [9.17, 15) is 5.11 Å². The number of aliphatic hydroxyl groups excluding tert-OH is 1. The average Bonchev–Trinajstić information content (AvgIpc) is 2.54. The molecule has 1 nitrogen and oxygen atoms in total. The predicted octanol–water partition coefficient (Wildman–Crippen LogP) is 4.64. The third-order valence-electron chi connectivity index (χ3n) is 3.99. The van der Waals surface area contributed by atoms with Gasteiger partial charge in [-0.1, -0.05) is 60.7 Å². The first-order valence-corrected chi connectivity index (χ1v) is 6.81. The number of fused-ring (bicyclic) bond motifs is 6. The smallest absolute Gasteiger partial charge is 0.0682 e. The number of benzene rings is 4. The van der Waals surface area contributed by atoms with E-state index >= 15 is 0 Å². The third kappa shape index (κ3) is 1.54. The van der Waals surface area contributed by atoms with Crippen LogP contribution in [0.25, 0.3) is 32.3 Å². The van der Waals surface area contributed by atoms with Crippen molar-refractivity contribution in [1.82, 2.24) is 0 Å². The Balaban J connectivity index is 2.35. The van der Waals surface area contributed by atoms with Crippen LogP contribution < -0.4 is 0 Å². The van der Waals surface area contributed by atoms with E-state index in [0.29, 0.717) is 0 Å². The van der Waals surface area contributed by atoms with Gasteiger partial charge in [-0.15, -0.1) is 0 Å². The summed E-state index contributed by atoms with van der Waals surface area (Å²) in [6.45, 7) is 0.0805. The fourth-order valence-corrected chi connectivity index (χ4v) is 3.05. The number of rotatable bonds is 1. The van der Waals surface area contributed by atoms with Crippen molar-refractivity contribution < 1.29 is 5.11 Å². The molecule has 0 aliphatic rings. The normalized spacial score (nSPS) is 11.4. The molecule has 0 amide bonds. The molecule has 0 spiro atoms. The van der Waals surface area contributed by atoms with E-state index in [1.165, 1.54) is 32.3 Å². The van der Waals surface area contributed by atoms with Crippen LogP contribution in [0.5, 0.6) is 0 Å². The van der Waals surface area contributed by atoms with Crippen LogP contribution >= 0.6 is 0 Å². The number of hydrogen-bond donors (Lipinski definition) is 1. The molecule has 96 valence electrons. The minimum Gasteiger partial charge on any atom is -0.392 e. The molecular weight excluding hydrogens is 244 g/mol. The second-order valence-electron chi connectivity index (χ2n) is 5.13. The Bertz CT molecular complexity index is 903. The average molecular weight is 258 g/mol. The van der Waals surface area contributed by atoms with Crippen molar-refractivity contribution in [2.24, 2.45) is 0 Å². The van der Waals surface area contributed by atoms with Gasteiger partial charge >= 0.3 is 0 Å². The van der Waals surface area contributed by atoms with E-state index in [-0.39, 0.29) is 6.61 Å². The van der Waals surface area contributed by atoms with E-state index in [0.717, 1.165) is 5.56 Å². The number of aliphatic hydroxyl groups is 1. The first-order chi connectivity index (χ1) is 9.88. The minimum atomic E-state index is 0.0805. The largest absolute Gasteiger partial charge is 0.392 e. The summed E-state index contributed by atoms with van der Waals surface area (Å²) in [6.07, 6.45) is 0. The van der Waals surface area contributed by atoms with E-state index in [4.69, 9.17) is 0 Å². The predicted molar refractivity (Wildman–Crippen MR) is 84.9 cm³/mol.